The molecule has 0 saturated heterocycles. The van der Waals surface area contributed by atoms with Crippen LogP contribution >= 0.6 is 0 Å². The summed E-state index contributed by atoms with van der Waals surface area (Å²) in [6.45, 7) is 2.16. The van der Waals surface area contributed by atoms with Gasteiger partial charge in [-0.1, -0.05) is 18.2 Å². The van der Waals surface area contributed by atoms with Crippen molar-refractivity contribution in [1.29, 1.82) is 0 Å². The fourth-order valence-corrected chi connectivity index (χ4v) is 3.50. The zero-order valence-electron chi connectivity index (χ0n) is 17.4. The smallest absolute Gasteiger partial charge is 0.344 e. The molecular weight excluding hydrogens is 399 g/mol. The molecule has 0 spiro atoms. The summed E-state index contributed by atoms with van der Waals surface area (Å²) in [5.41, 5.74) is 2.76. The van der Waals surface area contributed by atoms with Crippen molar-refractivity contribution in [3.05, 3.63) is 88.0 Å². The Bertz CT molecular complexity index is 1290. The van der Waals surface area contributed by atoms with E-state index >= 15 is 0 Å². The van der Waals surface area contributed by atoms with Crippen LogP contribution in [0.2, 0.25) is 0 Å². The molecule has 0 aliphatic rings. The molecule has 6 heteroatoms. The molecule has 0 bridgehead atoms. The number of hydrogen-bond acceptors (Lipinski definition) is 5. The first-order valence-corrected chi connectivity index (χ1v) is 9.67. The van der Waals surface area contributed by atoms with Gasteiger partial charge in [-0.15, -0.1) is 0 Å². The maximum atomic E-state index is 13.0. The number of benzene rings is 3. The Morgan fingerprint density at radius 1 is 0.903 bits per heavy atom. The largest absolute Gasteiger partial charge is 0.493 e. The summed E-state index contributed by atoms with van der Waals surface area (Å²) in [5.74, 6) is 1.37. The fourth-order valence-electron chi connectivity index (χ4n) is 3.50. The number of ether oxygens (including phenoxy) is 3. The predicted molar refractivity (Wildman–Crippen MR) is 116 cm³/mol. The van der Waals surface area contributed by atoms with Crippen LogP contribution < -0.4 is 19.8 Å². The van der Waals surface area contributed by atoms with E-state index in [0.29, 0.717) is 34.0 Å². The van der Waals surface area contributed by atoms with Gasteiger partial charge in [0.25, 0.3) is 0 Å². The molecule has 0 radical (unpaired) electrons. The van der Waals surface area contributed by atoms with E-state index in [-0.39, 0.29) is 12.4 Å². The van der Waals surface area contributed by atoms with Gasteiger partial charge in [0.1, 0.15) is 23.8 Å². The number of fused-ring (bicyclic) bond motifs is 1. The summed E-state index contributed by atoms with van der Waals surface area (Å²) >= 11 is 0. The summed E-state index contributed by atoms with van der Waals surface area (Å²) in [4.78, 5) is 12.8. The fraction of sp³-hybridized carbons (Fsp3) is 0.160. The van der Waals surface area contributed by atoms with Crippen molar-refractivity contribution in [3.8, 4) is 28.4 Å². The molecule has 0 atom stereocenters. The zero-order valence-corrected chi connectivity index (χ0v) is 17.4. The summed E-state index contributed by atoms with van der Waals surface area (Å²) in [5, 5.41) is 0.804. The number of methoxy groups -OCH3 is 2. The molecule has 0 saturated carbocycles. The Kier molecular flexibility index (Phi) is 5.62. The van der Waals surface area contributed by atoms with Crippen LogP contribution in [0.4, 0.5) is 4.39 Å². The van der Waals surface area contributed by atoms with Gasteiger partial charge >= 0.3 is 5.63 Å². The lowest BCUT2D eigenvalue weighted by Crippen LogP contribution is -2.06. The maximum absolute atomic E-state index is 13.0. The SMILES string of the molecule is COc1ccc(-c2c(C)c3ccc(OCc4ccc(F)cc4)cc3oc2=O)cc1OC. The van der Waals surface area contributed by atoms with E-state index in [1.807, 2.05) is 19.1 Å². The monoisotopic (exact) mass is 420 g/mol. The normalized spacial score (nSPS) is 10.8. The van der Waals surface area contributed by atoms with Crippen molar-refractivity contribution in [2.24, 2.45) is 0 Å². The van der Waals surface area contributed by atoms with E-state index in [1.165, 1.54) is 12.1 Å². The molecule has 0 aliphatic heterocycles. The molecule has 5 nitrogen and oxygen atoms in total. The molecular formula is C25H21FO5. The second kappa shape index (κ2) is 8.52. The third kappa shape index (κ3) is 4.10. The van der Waals surface area contributed by atoms with Gasteiger partial charge in [0.2, 0.25) is 0 Å². The molecule has 0 amide bonds. The highest BCUT2D eigenvalue weighted by Gasteiger charge is 2.16. The van der Waals surface area contributed by atoms with Crippen LogP contribution in [0.15, 0.2) is 69.9 Å². The zero-order chi connectivity index (χ0) is 22.0. The Morgan fingerprint density at radius 3 is 2.35 bits per heavy atom. The van der Waals surface area contributed by atoms with Crippen molar-refractivity contribution in [3.63, 3.8) is 0 Å². The molecule has 1 aromatic heterocycles. The Balaban J connectivity index is 1.68. The Labute approximate surface area is 178 Å². The van der Waals surface area contributed by atoms with Crippen LogP contribution in [0, 0.1) is 12.7 Å². The molecule has 4 aromatic rings. The minimum absolute atomic E-state index is 0.277. The lowest BCUT2D eigenvalue weighted by atomic mass is 9.99. The average molecular weight is 420 g/mol. The molecule has 3 aromatic carbocycles. The van der Waals surface area contributed by atoms with Gasteiger partial charge in [-0.3, -0.25) is 0 Å². The standard InChI is InChI=1S/C25H21FO5/c1-15-20-10-9-19(30-14-16-4-7-18(26)8-5-16)13-22(20)31-25(27)24(15)17-6-11-21(28-2)23(12-17)29-3/h4-13H,14H2,1-3H3. The number of aryl methyl sites for hydroxylation is 1. The van der Waals surface area contributed by atoms with Crippen LogP contribution in [0.1, 0.15) is 11.1 Å². The highest BCUT2D eigenvalue weighted by atomic mass is 19.1. The van der Waals surface area contributed by atoms with Gasteiger partial charge in [-0.25, -0.2) is 9.18 Å². The molecule has 0 N–H and O–H groups in total. The number of rotatable bonds is 6. The Hall–Kier alpha value is -3.80. The van der Waals surface area contributed by atoms with Gasteiger partial charge in [0.05, 0.1) is 19.8 Å². The predicted octanol–water partition coefficient (Wildman–Crippen LogP) is 5.50. The van der Waals surface area contributed by atoms with E-state index < -0.39 is 5.63 Å². The average Bonchev–Trinajstić information content (AvgIpc) is 2.78. The lowest BCUT2D eigenvalue weighted by Gasteiger charge is -2.12. The van der Waals surface area contributed by atoms with Crippen molar-refractivity contribution in [2.75, 3.05) is 14.2 Å². The summed E-state index contributed by atoms with van der Waals surface area (Å²) in [7, 11) is 3.10. The van der Waals surface area contributed by atoms with Crippen molar-refractivity contribution in [2.45, 2.75) is 13.5 Å². The first-order valence-electron chi connectivity index (χ1n) is 9.67. The number of halogens is 1. The Morgan fingerprint density at radius 2 is 1.65 bits per heavy atom. The van der Waals surface area contributed by atoms with Crippen LogP contribution in [0.5, 0.6) is 17.2 Å². The third-order valence-corrected chi connectivity index (χ3v) is 5.13. The molecule has 4 rings (SSSR count). The second-order valence-corrected chi connectivity index (χ2v) is 7.03. The minimum atomic E-state index is -0.451. The summed E-state index contributed by atoms with van der Waals surface area (Å²) in [6.07, 6.45) is 0. The van der Waals surface area contributed by atoms with E-state index in [2.05, 4.69) is 0 Å². The molecule has 0 fully saturated rings. The second-order valence-electron chi connectivity index (χ2n) is 7.03. The molecule has 0 aliphatic carbocycles. The van der Waals surface area contributed by atoms with E-state index in [0.717, 1.165) is 16.5 Å². The quantitative estimate of drug-likeness (QED) is 0.385. The van der Waals surface area contributed by atoms with Gasteiger partial charge in [0, 0.05) is 11.5 Å². The van der Waals surface area contributed by atoms with Gasteiger partial charge in [-0.05, 0) is 60.0 Å². The molecule has 1 heterocycles. The highest BCUT2D eigenvalue weighted by molar-refractivity contribution is 5.87. The van der Waals surface area contributed by atoms with Gasteiger partial charge in [0.15, 0.2) is 11.5 Å². The van der Waals surface area contributed by atoms with Gasteiger partial charge < -0.3 is 18.6 Å². The van der Waals surface area contributed by atoms with Crippen LogP contribution in [-0.4, -0.2) is 14.2 Å². The van der Waals surface area contributed by atoms with Crippen molar-refractivity contribution >= 4 is 11.0 Å². The lowest BCUT2D eigenvalue weighted by molar-refractivity contribution is 0.306. The topological polar surface area (TPSA) is 57.9 Å². The van der Waals surface area contributed by atoms with Crippen LogP contribution in [0.3, 0.4) is 0 Å². The van der Waals surface area contributed by atoms with Gasteiger partial charge in [-0.2, -0.15) is 0 Å². The summed E-state index contributed by atoms with van der Waals surface area (Å²) < 4.78 is 35.1. The third-order valence-electron chi connectivity index (χ3n) is 5.13. The van der Waals surface area contributed by atoms with Crippen LogP contribution in [0.25, 0.3) is 22.1 Å². The first-order chi connectivity index (χ1) is 15.0. The first kappa shape index (κ1) is 20.5. The molecule has 0 unspecified atom stereocenters. The van der Waals surface area contributed by atoms with E-state index in [4.69, 9.17) is 18.6 Å². The van der Waals surface area contributed by atoms with Crippen molar-refractivity contribution in [1.82, 2.24) is 0 Å². The molecule has 158 valence electrons. The highest BCUT2D eigenvalue weighted by Crippen LogP contribution is 2.34. The van der Waals surface area contributed by atoms with Crippen LogP contribution in [-0.2, 0) is 6.61 Å². The maximum Gasteiger partial charge on any atom is 0.344 e. The van der Waals surface area contributed by atoms with E-state index in [9.17, 15) is 9.18 Å². The minimum Gasteiger partial charge on any atom is -0.493 e. The summed E-state index contributed by atoms with van der Waals surface area (Å²) in [6, 6.07) is 16.8. The van der Waals surface area contributed by atoms with E-state index in [1.54, 1.807) is 50.6 Å². The van der Waals surface area contributed by atoms with Crippen molar-refractivity contribution < 1.29 is 23.0 Å². The number of hydrogen-bond donors (Lipinski definition) is 0. The molecule has 31 heavy (non-hydrogen) atoms.